The van der Waals surface area contributed by atoms with Crippen LogP contribution in [0.5, 0.6) is 0 Å². The van der Waals surface area contributed by atoms with Crippen LogP contribution < -0.4 is 22.0 Å². The fourth-order valence-corrected chi connectivity index (χ4v) is 10.8. The summed E-state index contributed by atoms with van der Waals surface area (Å²) in [6, 6.07) is 12.6. The highest BCUT2D eigenvalue weighted by atomic mass is 127. The Balaban J connectivity index is 0.000000246. The fourth-order valence-electron chi connectivity index (χ4n) is 10.8. The van der Waals surface area contributed by atoms with E-state index >= 15 is 0 Å². The molecule has 4 atom stereocenters. The molecule has 450 valence electrons. The first-order valence-electron chi connectivity index (χ1n) is 26.5. The maximum absolute atomic E-state index is 14.5. The lowest BCUT2D eigenvalue weighted by atomic mass is 9.92. The van der Waals surface area contributed by atoms with E-state index < -0.39 is 96.9 Å². The zero-order valence-corrected chi connectivity index (χ0v) is 47.8. The molecule has 4 fully saturated rings. The van der Waals surface area contributed by atoms with E-state index in [4.69, 9.17) is 1.37 Å². The summed E-state index contributed by atoms with van der Waals surface area (Å²) in [7, 11) is 0. The third-order valence-corrected chi connectivity index (χ3v) is 14.6. The van der Waals surface area contributed by atoms with Crippen LogP contribution in [-0.2, 0) is 9.59 Å². The fraction of sp³-hybridized carbons (Fsp3) is 0.491. The van der Waals surface area contributed by atoms with Crippen LogP contribution in [0.15, 0.2) is 82.6 Å². The number of halogens is 13. The summed E-state index contributed by atoms with van der Waals surface area (Å²) in [6.07, 6.45) is -2.41. The van der Waals surface area contributed by atoms with Crippen LogP contribution in [0.4, 0.5) is 48.7 Å². The average molecular weight is 1320 g/mol. The highest BCUT2D eigenvalue weighted by Crippen LogP contribution is 2.35. The van der Waals surface area contributed by atoms with Gasteiger partial charge in [0.05, 0.1) is 11.0 Å². The molecule has 4 amide bonds. The van der Waals surface area contributed by atoms with E-state index in [0.717, 1.165) is 43.6 Å². The van der Waals surface area contributed by atoms with Crippen LogP contribution in [0.3, 0.4) is 0 Å². The Hall–Kier alpha value is -5.94. The molecule has 4 saturated heterocycles. The number of imidazole rings is 2. The summed E-state index contributed by atoms with van der Waals surface area (Å²) >= 11 is 1.96. The Morgan fingerprint density at radius 1 is 0.646 bits per heavy atom. The number of aromatic nitrogens is 6. The number of urea groups is 1. The zero-order valence-electron chi connectivity index (χ0n) is 45.1. The first kappa shape index (κ1) is 65.2. The zero-order chi connectivity index (χ0) is 58.8. The number of benzene rings is 2. The normalized spacial score (nSPS) is 20.3. The number of piperidine rings is 2. The van der Waals surface area contributed by atoms with Crippen molar-refractivity contribution in [2.24, 2.45) is 5.92 Å². The maximum atomic E-state index is 14.5. The summed E-state index contributed by atoms with van der Waals surface area (Å²) in [4.78, 5) is 79.6. The Labute approximate surface area is 491 Å². The van der Waals surface area contributed by atoms with Gasteiger partial charge in [0.2, 0.25) is 11.8 Å². The first-order valence-corrected chi connectivity index (χ1v) is 27.3. The first-order chi connectivity index (χ1) is 38.5. The van der Waals surface area contributed by atoms with Crippen molar-refractivity contribution in [1.29, 1.82) is 0 Å². The van der Waals surface area contributed by atoms with Gasteiger partial charge in [-0.25, -0.2) is 41.9 Å². The number of aromatic amines is 2. The Bertz CT molecular complexity index is 3250. The molecular weight excluding hydrogens is 1260 g/mol. The number of hydrogen-bond donors (Lipinski definition) is 4. The van der Waals surface area contributed by atoms with Gasteiger partial charge in [-0.05, 0) is 117 Å². The van der Waals surface area contributed by atoms with Crippen molar-refractivity contribution >= 4 is 87.6 Å². The van der Waals surface area contributed by atoms with Gasteiger partial charge in [-0.3, -0.25) is 28.7 Å². The molecule has 2 unspecified atom stereocenters. The van der Waals surface area contributed by atoms with E-state index in [-0.39, 0.29) is 85.8 Å². The minimum Gasteiger partial charge on any atom is -0.333 e. The van der Waals surface area contributed by atoms with Gasteiger partial charge in [0.25, 0.3) is 0 Å². The molecule has 0 spiro atoms. The number of nitrogens with one attached hydrogen (secondary N) is 4. The van der Waals surface area contributed by atoms with E-state index in [0.29, 0.717) is 63.2 Å². The SMILES string of the molecule is C[C@@H]1CCC(c2cccc(F)c2F)CN(CC(F)(F)F)C1=O.Cl.Cl.O=C(N[C@@H]1CCC(c2cccc(F)c2F)CN(CC(F)(F)F)C1=O)N1CCC(n2c(=O)[nH]c3ncccc32)CC1.O=c1[nH]c2ncccc2n1C1CCNCC1.[2H]CI. The van der Waals surface area contributed by atoms with E-state index in [2.05, 4.69) is 30.6 Å². The number of H-pyrrole nitrogens is 2. The summed E-state index contributed by atoms with van der Waals surface area (Å²) < 4.78 is 143. The van der Waals surface area contributed by atoms with Gasteiger partial charge in [0.1, 0.15) is 19.1 Å². The molecule has 29 heteroatoms. The lowest BCUT2D eigenvalue weighted by Gasteiger charge is -2.34. The largest absolute Gasteiger partial charge is 0.406 e. The predicted molar refractivity (Wildman–Crippen MR) is 300 cm³/mol. The molecule has 0 bridgehead atoms. The molecular formula is C53H62Cl2F10IN11O5. The molecule has 4 N–H and O–H groups in total. The van der Waals surface area contributed by atoms with Gasteiger partial charge in [0.15, 0.2) is 34.6 Å². The topological polar surface area (TPSA) is 186 Å². The number of alkyl halides is 7. The molecule has 4 aliphatic heterocycles. The van der Waals surface area contributed by atoms with Crippen molar-refractivity contribution in [1.82, 2.24) is 54.4 Å². The Morgan fingerprint density at radius 3 is 1.55 bits per heavy atom. The highest BCUT2D eigenvalue weighted by Gasteiger charge is 2.41. The van der Waals surface area contributed by atoms with Crippen molar-refractivity contribution in [3.05, 3.63) is 128 Å². The minimum atomic E-state index is -4.72. The number of pyridine rings is 2. The number of carbonyl (C=O) groups excluding carboxylic acids is 3. The predicted octanol–water partition coefficient (Wildman–Crippen LogP) is 10.1. The lowest BCUT2D eigenvalue weighted by Crippen LogP contribution is -2.54. The van der Waals surface area contributed by atoms with Gasteiger partial charge >= 0.3 is 29.8 Å². The van der Waals surface area contributed by atoms with Crippen LogP contribution in [0.25, 0.3) is 22.3 Å². The molecule has 82 heavy (non-hydrogen) atoms. The van der Waals surface area contributed by atoms with Crippen molar-refractivity contribution in [2.45, 2.75) is 101 Å². The van der Waals surface area contributed by atoms with Crippen LogP contribution >= 0.6 is 47.4 Å². The average Bonchev–Trinajstić information content (AvgIpc) is 4.13. The van der Waals surface area contributed by atoms with Crippen molar-refractivity contribution < 1.29 is 59.7 Å². The third-order valence-electron chi connectivity index (χ3n) is 14.6. The minimum absolute atomic E-state index is 0. The second kappa shape index (κ2) is 29.5. The van der Waals surface area contributed by atoms with Gasteiger partial charge in [-0.1, -0.05) is 53.8 Å². The molecule has 0 radical (unpaired) electrons. The van der Waals surface area contributed by atoms with Crippen LogP contribution in [-0.4, -0.2) is 137 Å². The van der Waals surface area contributed by atoms with Gasteiger partial charge < -0.3 is 25.3 Å². The maximum Gasteiger partial charge on any atom is 0.406 e. The van der Waals surface area contributed by atoms with Crippen LogP contribution in [0, 0.1) is 29.2 Å². The van der Waals surface area contributed by atoms with Gasteiger partial charge in [0, 0.05) is 69.8 Å². The van der Waals surface area contributed by atoms with E-state index in [1.165, 1.54) is 29.2 Å². The molecule has 0 aliphatic carbocycles. The molecule has 0 saturated carbocycles. The van der Waals surface area contributed by atoms with Crippen molar-refractivity contribution in [3.63, 3.8) is 0 Å². The number of fused-ring (bicyclic) bond motifs is 2. The molecule has 8 heterocycles. The molecule has 10 rings (SSSR count). The van der Waals surface area contributed by atoms with E-state index in [1.807, 2.05) is 39.3 Å². The second-order valence-corrected chi connectivity index (χ2v) is 19.9. The quantitative estimate of drug-likeness (QED) is 0.0691. The molecule has 16 nitrogen and oxygen atoms in total. The smallest absolute Gasteiger partial charge is 0.333 e. The van der Waals surface area contributed by atoms with Gasteiger partial charge in [-0.2, -0.15) is 26.3 Å². The number of rotatable bonds is 7. The van der Waals surface area contributed by atoms with Crippen molar-refractivity contribution in [3.8, 4) is 0 Å². The highest BCUT2D eigenvalue weighted by molar-refractivity contribution is 14.1. The molecule has 6 aromatic rings. The number of carbonyl (C=O) groups is 3. The summed E-state index contributed by atoms with van der Waals surface area (Å²) in [5.41, 5.74) is 2.26. The summed E-state index contributed by atoms with van der Waals surface area (Å²) in [6.45, 7) is 0.326. The lowest BCUT2D eigenvalue weighted by molar-refractivity contribution is -0.163. The monoisotopic (exact) mass is 1320 g/mol. The summed E-state index contributed by atoms with van der Waals surface area (Å²) in [5, 5.41) is 5.86. The van der Waals surface area contributed by atoms with Crippen LogP contribution in [0.1, 0.15) is 94.7 Å². The number of hydrogen-bond acceptors (Lipinski definition) is 8. The molecule has 4 aliphatic rings. The van der Waals surface area contributed by atoms with Crippen molar-refractivity contribution in [2.75, 3.05) is 57.3 Å². The summed E-state index contributed by atoms with van der Waals surface area (Å²) in [5.74, 6) is -8.02. The van der Waals surface area contributed by atoms with Crippen LogP contribution in [0.2, 0.25) is 0 Å². The number of nitrogens with zero attached hydrogens (tertiary/aromatic N) is 7. The Kier molecular flexibility index (Phi) is 23.5. The molecule has 2 aromatic carbocycles. The standard InChI is InChI=1S/C26H27F5N6O3.C15H16F5NO.C11H14N4O.CH3I.2ClH/c27-18-4-1-3-17(21(18)28)15-6-7-19(23(38)36(13-15)14-26(29,30)31)33-24(39)35-11-8-16(9-12-35)37-20-5-2-10-32-22(20)34-25(37)40;1-9-5-6-10(11-3-2-4-12(16)13(11)17)7-21(14(9)22)8-15(18,19)20;16-11-14-10-9(2-1-5-13-10)15(11)8-3-6-12-7-4-8;1-2;;/h1-5,10,15-16,19H,6-9,11-14H2,(H,33,39)(H,32,34,40);2-4,9-10H,5-8H2,1H3;1-2,5,8,12H,3-4,6-7H2,(H,13,14,16);1H3;2*1H/t15?,19-;9-,10?;;;;/m11..../s1/i;;;1D;;. The second-order valence-electron chi connectivity index (χ2n) is 19.9. The number of amides is 4. The van der Waals surface area contributed by atoms with Gasteiger partial charge in [-0.15, -0.1) is 24.8 Å². The molecule has 4 aromatic heterocycles. The third kappa shape index (κ3) is 16.7. The number of likely N-dealkylation sites (tertiary alicyclic amines) is 3. The Morgan fingerprint density at radius 2 is 1.09 bits per heavy atom. The van der Waals surface area contributed by atoms with E-state index in [1.54, 1.807) is 36.0 Å². The van der Waals surface area contributed by atoms with E-state index in [9.17, 15) is 67.9 Å².